The van der Waals surface area contributed by atoms with Crippen LogP contribution >= 0.6 is 0 Å². The van der Waals surface area contributed by atoms with E-state index in [1.54, 1.807) is 0 Å². The Bertz CT molecular complexity index is 420. The van der Waals surface area contributed by atoms with E-state index in [0.29, 0.717) is 5.54 Å². The minimum atomic E-state index is 0.0971. The zero-order chi connectivity index (χ0) is 14.8. The third-order valence-corrected chi connectivity index (χ3v) is 4.81. The summed E-state index contributed by atoms with van der Waals surface area (Å²) in [4.78, 5) is 4.79. The number of aryl methyl sites for hydroxylation is 1. The number of benzene rings is 1. The largest absolute Gasteiger partial charge is 0.323 e. The highest BCUT2D eigenvalue weighted by molar-refractivity contribution is 5.24. The van der Waals surface area contributed by atoms with E-state index in [9.17, 15) is 0 Å². The van der Waals surface area contributed by atoms with E-state index >= 15 is 0 Å². The van der Waals surface area contributed by atoms with Gasteiger partial charge < -0.3 is 15.5 Å². The van der Waals surface area contributed by atoms with Crippen molar-refractivity contribution in [2.24, 2.45) is 5.73 Å². The maximum atomic E-state index is 6.35. The molecule has 2 N–H and O–H groups in total. The summed E-state index contributed by atoms with van der Waals surface area (Å²) in [6.45, 7) is 4.14. The fraction of sp³-hybridized carbons (Fsp3) is 0.647. The van der Waals surface area contributed by atoms with Crippen LogP contribution < -0.4 is 5.73 Å². The zero-order valence-corrected chi connectivity index (χ0v) is 13.4. The molecule has 20 heavy (non-hydrogen) atoms. The molecule has 0 heterocycles. The van der Waals surface area contributed by atoms with Crippen molar-refractivity contribution in [3.05, 3.63) is 35.4 Å². The van der Waals surface area contributed by atoms with E-state index in [-0.39, 0.29) is 6.04 Å². The van der Waals surface area contributed by atoms with Crippen LogP contribution in [0.25, 0.3) is 0 Å². The van der Waals surface area contributed by atoms with E-state index in [2.05, 4.69) is 62.1 Å². The van der Waals surface area contributed by atoms with Crippen LogP contribution in [0.1, 0.15) is 36.4 Å². The van der Waals surface area contributed by atoms with Gasteiger partial charge in [0, 0.05) is 24.7 Å². The third-order valence-electron chi connectivity index (χ3n) is 4.81. The highest BCUT2D eigenvalue weighted by atomic mass is 15.2. The van der Waals surface area contributed by atoms with Crippen molar-refractivity contribution < 1.29 is 0 Å². The summed E-state index contributed by atoms with van der Waals surface area (Å²) in [5.74, 6) is 0. The van der Waals surface area contributed by atoms with Crippen LogP contribution in [0, 0.1) is 6.92 Å². The Labute approximate surface area is 123 Å². The van der Waals surface area contributed by atoms with Gasteiger partial charge in [0.1, 0.15) is 0 Å². The monoisotopic (exact) mass is 275 g/mol. The maximum absolute atomic E-state index is 6.35. The molecule has 1 aliphatic rings. The molecule has 0 spiro atoms. The Morgan fingerprint density at radius 2 is 1.75 bits per heavy atom. The Morgan fingerprint density at radius 3 is 2.20 bits per heavy atom. The highest BCUT2D eigenvalue weighted by Crippen LogP contribution is 2.36. The smallest absolute Gasteiger partial charge is 0.0424 e. The van der Waals surface area contributed by atoms with Crippen molar-refractivity contribution >= 4 is 0 Å². The van der Waals surface area contributed by atoms with E-state index in [0.717, 1.165) is 13.1 Å². The number of rotatable bonds is 6. The Kier molecular flexibility index (Phi) is 4.84. The molecule has 2 rings (SSSR count). The summed E-state index contributed by atoms with van der Waals surface area (Å²) in [5.41, 5.74) is 9.24. The number of nitrogens with zero attached hydrogens (tertiary/aromatic N) is 2. The second-order valence-corrected chi connectivity index (χ2v) is 6.69. The lowest BCUT2D eigenvalue weighted by molar-refractivity contribution is 0.0265. The molecule has 1 atom stereocenters. The fourth-order valence-corrected chi connectivity index (χ4v) is 3.15. The summed E-state index contributed by atoms with van der Waals surface area (Å²) in [5, 5.41) is 0. The molecular weight excluding hydrogens is 246 g/mol. The summed E-state index contributed by atoms with van der Waals surface area (Å²) in [6.07, 6.45) is 3.98. The van der Waals surface area contributed by atoms with Gasteiger partial charge in [0.2, 0.25) is 0 Å². The molecule has 0 aliphatic heterocycles. The normalized spacial score (nSPS) is 19.1. The topological polar surface area (TPSA) is 32.5 Å². The minimum Gasteiger partial charge on any atom is -0.323 e. The lowest BCUT2D eigenvalue weighted by Gasteiger charge is -2.49. The molecule has 0 radical (unpaired) electrons. The van der Waals surface area contributed by atoms with Crippen molar-refractivity contribution in [3.8, 4) is 0 Å². The molecule has 0 bridgehead atoms. The molecule has 0 amide bonds. The van der Waals surface area contributed by atoms with Crippen LogP contribution in [-0.4, -0.2) is 49.6 Å². The van der Waals surface area contributed by atoms with Gasteiger partial charge in [-0.3, -0.25) is 0 Å². The summed E-state index contributed by atoms with van der Waals surface area (Å²) in [7, 11) is 6.59. The van der Waals surface area contributed by atoms with Gasteiger partial charge in [0.05, 0.1) is 0 Å². The molecule has 0 aromatic heterocycles. The Hall–Kier alpha value is -0.900. The van der Waals surface area contributed by atoms with E-state index in [1.807, 2.05) is 0 Å². The maximum Gasteiger partial charge on any atom is 0.0424 e. The number of hydrogen-bond acceptors (Lipinski definition) is 3. The first-order chi connectivity index (χ1) is 9.43. The summed E-state index contributed by atoms with van der Waals surface area (Å²) < 4.78 is 0. The lowest BCUT2D eigenvalue weighted by Crippen LogP contribution is -2.57. The van der Waals surface area contributed by atoms with Crippen molar-refractivity contribution in [2.45, 2.75) is 37.8 Å². The minimum absolute atomic E-state index is 0.0971. The van der Waals surface area contributed by atoms with Crippen LogP contribution in [0.5, 0.6) is 0 Å². The molecule has 1 aliphatic carbocycles. The molecular formula is C17H29N3. The quantitative estimate of drug-likeness (QED) is 0.865. The van der Waals surface area contributed by atoms with Crippen molar-refractivity contribution in [2.75, 3.05) is 34.2 Å². The third kappa shape index (κ3) is 3.40. The molecule has 1 aromatic rings. The van der Waals surface area contributed by atoms with Gasteiger partial charge in [-0.05, 0) is 52.9 Å². The second-order valence-electron chi connectivity index (χ2n) is 6.69. The van der Waals surface area contributed by atoms with Gasteiger partial charge in [-0.25, -0.2) is 0 Å². The van der Waals surface area contributed by atoms with E-state index in [4.69, 9.17) is 5.73 Å². The summed E-state index contributed by atoms with van der Waals surface area (Å²) >= 11 is 0. The molecule has 1 saturated carbocycles. The molecule has 112 valence electrons. The van der Waals surface area contributed by atoms with E-state index in [1.165, 1.54) is 30.4 Å². The van der Waals surface area contributed by atoms with Crippen LogP contribution in [0.3, 0.4) is 0 Å². The summed E-state index contributed by atoms with van der Waals surface area (Å²) in [6, 6.07) is 8.68. The Morgan fingerprint density at radius 1 is 1.15 bits per heavy atom. The molecule has 1 aromatic carbocycles. The number of hydrogen-bond donors (Lipinski definition) is 1. The van der Waals surface area contributed by atoms with Gasteiger partial charge in [0.25, 0.3) is 0 Å². The van der Waals surface area contributed by atoms with Crippen LogP contribution in [-0.2, 0) is 0 Å². The lowest BCUT2D eigenvalue weighted by atomic mass is 9.75. The van der Waals surface area contributed by atoms with E-state index < -0.39 is 0 Å². The SMILES string of the molecule is Cc1ccc(C(N)CN(C)CC2(N(C)C)CCC2)cc1. The first-order valence-electron chi connectivity index (χ1n) is 7.61. The number of likely N-dealkylation sites (N-methyl/N-ethyl adjacent to an activating group) is 2. The van der Waals surface area contributed by atoms with Gasteiger partial charge in [-0.1, -0.05) is 29.8 Å². The molecule has 3 heteroatoms. The van der Waals surface area contributed by atoms with Gasteiger partial charge in [0.15, 0.2) is 0 Å². The number of nitrogens with two attached hydrogens (primary N) is 1. The predicted molar refractivity (Wildman–Crippen MR) is 85.9 cm³/mol. The van der Waals surface area contributed by atoms with Gasteiger partial charge in [-0.2, -0.15) is 0 Å². The van der Waals surface area contributed by atoms with Crippen LogP contribution in [0.15, 0.2) is 24.3 Å². The Balaban J connectivity index is 1.90. The highest BCUT2D eigenvalue weighted by Gasteiger charge is 2.39. The average Bonchev–Trinajstić information content (AvgIpc) is 2.34. The molecule has 1 fully saturated rings. The van der Waals surface area contributed by atoms with Crippen molar-refractivity contribution in [1.29, 1.82) is 0 Å². The second kappa shape index (κ2) is 6.25. The molecule has 1 unspecified atom stereocenters. The average molecular weight is 275 g/mol. The first-order valence-corrected chi connectivity index (χ1v) is 7.61. The first kappa shape index (κ1) is 15.5. The van der Waals surface area contributed by atoms with Gasteiger partial charge in [-0.15, -0.1) is 0 Å². The standard InChI is InChI=1S/C17H29N3/c1-14-6-8-15(9-7-14)16(18)12-20(4)13-17(19(2)3)10-5-11-17/h6-9,16H,5,10-13,18H2,1-4H3. The van der Waals surface area contributed by atoms with Crippen molar-refractivity contribution in [1.82, 2.24) is 9.80 Å². The molecule has 3 nitrogen and oxygen atoms in total. The molecule has 0 saturated heterocycles. The van der Waals surface area contributed by atoms with Crippen LogP contribution in [0.2, 0.25) is 0 Å². The predicted octanol–water partition coefficient (Wildman–Crippen LogP) is 2.41. The van der Waals surface area contributed by atoms with Gasteiger partial charge >= 0.3 is 0 Å². The zero-order valence-electron chi connectivity index (χ0n) is 13.4. The van der Waals surface area contributed by atoms with Crippen molar-refractivity contribution in [3.63, 3.8) is 0 Å². The van der Waals surface area contributed by atoms with Crippen LogP contribution in [0.4, 0.5) is 0 Å². The fourth-order valence-electron chi connectivity index (χ4n) is 3.15.